The van der Waals surface area contributed by atoms with Gasteiger partial charge in [0, 0.05) is 11.8 Å². The molecule has 0 aromatic heterocycles. The number of unbranched alkanes of at least 4 members (excludes halogenated alkanes) is 4. The van der Waals surface area contributed by atoms with Crippen LogP contribution in [0.25, 0.3) is 0 Å². The zero-order chi connectivity index (χ0) is 19.2. The van der Waals surface area contributed by atoms with Crippen LogP contribution >= 0.6 is 23.2 Å². The number of alkyl halides is 2. The van der Waals surface area contributed by atoms with Gasteiger partial charge in [0.2, 0.25) is 0 Å². The number of aliphatic hydroxyl groups is 2. The molecule has 0 radical (unpaired) electrons. The van der Waals surface area contributed by atoms with Crippen molar-refractivity contribution >= 4 is 35.5 Å². The molecule has 0 amide bonds. The first-order chi connectivity index (χ1) is 12.1. The Kier molecular flexibility index (Phi) is 23.7. The van der Waals surface area contributed by atoms with E-state index in [0.717, 1.165) is 25.7 Å². The minimum Gasteiger partial charge on any atom is -0.434 e. The van der Waals surface area contributed by atoms with E-state index in [4.69, 9.17) is 33.4 Å². The summed E-state index contributed by atoms with van der Waals surface area (Å²) in [5.41, 5.74) is 0. The molecular weight excluding hydrogens is 375 g/mol. The summed E-state index contributed by atoms with van der Waals surface area (Å²) in [6.07, 6.45) is 2.77. The Morgan fingerprint density at radius 2 is 1.12 bits per heavy atom. The second kappa shape index (κ2) is 22.8. The molecule has 7 nitrogen and oxygen atoms in total. The predicted octanol–water partition coefficient (Wildman–Crippen LogP) is 3.07. The lowest BCUT2D eigenvalue weighted by molar-refractivity contribution is 0.0354. The minimum atomic E-state index is -1.03. The van der Waals surface area contributed by atoms with Crippen LogP contribution in [-0.4, -0.2) is 60.7 Å². The Morgan fingerprint density at radius 3 is 1.44 bits per heavy atom. The number of carbonyl (C=O) groups is 2. The van der Waals surface area contributed by atoms with Crippen molar-refractivity contribution in [3.05, 3.63) is 0 Å². The van der Waals surface area contributed by atoms with Crippen LogP contribution in [0.1, 0.15) is 38.5 Å². The smallest absolute Gasteiger partial charge is 0.434 e. The summed E-state index contributed by atoms with van der Waals surface area (Å²) < 4.78 is 13.7. The van der Waals surface area contributed by atoms with Crippen molar-refractivity contribution in [1.82, 2.24) is 0 Å². The van der Waals surface area contributed by atoms with Gasteiger partial charge in [-0.2, -0.15) is 0 Å². The van der Waals surface area contributed by atoms with Crippen LogP contribution in [0.2, 0.25) is 0 Å². The SMILES string of the molecule is O=C(OCCCCCCl)OC(=O)OCCCCCCl.OCC#CCO. The van der Waals surface area contributed by atoms with Crippen molar-refractivity contribution in [3.63, 3.8) is 0 Å². The molecule has 0 atom stereocenters. The van der Waals surface area contributed by atoms with Gasteiger partial charge in [0.05, 0.1) is 13.2 Å². The largest absolute Gasteiger partial charge is 0.518 e. The molecule has 0 aromatic rings. The average molecular weight is 401 g/mol. The first-order valence-corrected chi connectivity index (χ1v) is 9.00. The van der Waals surface area contributed by atoms with Gasteiger partial charge in [-0.15, -0.1) is 23.2 Å². The highest BCUT2D eigenvalue weighted by Gasteiger charge is 2.12. The van der Waals surface area contributed by atoms with Crippen LogP contribution in [0, 0.1) is 11.8 Å². The maximum atomic E-state index is 11.0. The summed E-state index contributed by atoms with van der Waals surface area (Å²) in [7, 11) is 0. The molecule has 0 saturated carbocycles. The lowest BCUT2D eigenvalue weighted by Gasteiger charge is -2.05. The van der Waals surface area contributed by atoms with E-state index < -0.39 is 12.3 Å². The highest BCUT2D eigenvalue weighted by molar-refractivity contribution is 6.18. The molecule has 0 fully saturated rings. The summed E-state index contributed by atoms with van der Waals surface area (Å²) in [5.74, 6) is 5.67. The maximum Gasteiger partial charge on any atom is 0.518 e. The van der Waals surface area contributed by atoms with Crippen molar-refractivity contribution in [2.24, 2.45) is 0 Å². The zero-order valence-corrected chi connectivity index (χ0v) is 15.7. The van der Waals surface area contributed by atoms with Gasteiger partial charge in [-0.1, -0.05) is 11.8 Å². The molecule has 0 bridgehead atoms. The molecule has 0 rings (SSSR count). The number of hydrogen-bond acceptors (Lipinski definition) is 7. The molecule has 146 valence electrons. The van der Waals surface area contributed by atoms with Crippen LogP contribution in [0.4, 0.5) is 9.59 Å². The quantitative estimate of drug-likeness (QED) is 0.191. The predicted molar refractivity (Wildman–Crippen MR) is 94.9 cm³/mol. The van der Waals surface area contributed by atoms with Crippen molar-refractivity contribution in [2.75, 3.05) is 38.2 Å². The van der Waals surface area contributed by atoms with Gasteiger partial charge in [0.25, 0.3) is 0 Å². The topological polar surface area (TPSA) is 102 Å². The number of hydrogen-bond donors (Lipinski definition) is 2. The molecule has 2 N–H and O–H groups in total. The first-order valence-electron chi connectivity index (χ1n) is 7.93. The van der Waals surface area contributed by atoms with E-state index >= 15 is 0 Å². The third kappa shape index (κ3) is 25.2. The Bertz CT molecular complexity index is 348. The molecule has 0 unspecified atom stereocenters. The van der Waals surface area contributed by atoms with Crippen LogP contribution in [0.5, 0.6) is 0 Å². The number of halogens is 2. The Labute approximate surface area is 158 Å². The van der Waals surface area contributed by atoms with Gasteiger partial charge in [-0.05, 0) is 38.5 Å². The second-order valence-corrected chi connectivity index (χ2v) is 5.22. The van der Waals surface area contributed by atoms with Crippen LogP contribution in [0.3, 0.4) is 0 Å². The van der Waals surface area contributed by atoms with E-state index in [1.165, 1.54) is 0 Å². The summed E-state index contributed by atoms with van der Waals surface area (Å²) in [5, 5.41) is 15.8. The molecule has 25 heavy (non-hydrogen) atoms. The van der Waals surface area contributed by atoms with Gasteiger partial charge in [-0.25, -0.2) is 9.59 Å². The summed E-state index contributed by atoms with van der Waals surface area (Å²) in [6, 6.07) is 0. The van der Waals surface area contributed by atoms with Crippen molar-refractivity contribution < 1.29 is 34.0 Å². The van der Waals surface area contributed by atoms with E-state index in [-0.39, 0.29) is 26.4 Å². The second-order valence-electron chi connectivity index (χ2n) is 4.47. The van der Waals surface area contributed by atoms with Gasteiger partial charge >= 0.3 is 12.3 Å². The molecular formula is C16H26Cl2O7. The van der Waals surface area contributed by atoms with Crippen molar-refractivity contribution in [2.45, 2.75) is 38.5 Å². The molecule has 0 saturated heterocycles. The molecule has 0 heterocycles. The summed E-state index contributed by atoms with van der Waals surface area (Å²) >= 11 is 11.0. The van der Waals surface area contributed by atoms with Gasteiger partial charge in [0.1, 0.15) is 13.2 Å². The van der Waals surface area contributed by atoms with Crippen molar-refractivity contribution in [1.29, 1.82) is 0 Å². The lowest BCUT2D eigenvalue weighted by Crippen LogP contribution is -2.16. The zero-order valence-electron chi connectivity index (χ0n) is 14.2. The molecule has 0 aliphatic rings. The molecule has 9 heteroatoms. The monoisotopic (exact) mass is 400 g/mol. The molecule has 0 spiro atoms. The van der Waals surface area contributed by atoms with Gasteiger partial charge < -0.3 is 24.4 Å². The first kappa shape index (κ1) is 26.0. The third-order valence-electron chi connectivity index (χ3n) is 2.45. The lowest BCUT2D eigenvalue weighted by atomic mass is 10.3. The minimum absolute atomic E-state index is 0.166. The van der Waals surface area contributed by atoms with E-state index in [1.54, 1.807) is 0 Å². The van der Waals surface area contributed by atoms with E-state index in [0.29, 0.717) is 24.6 Å². The number of aliphatic hydroxyl groups excluding tert-OH is 2. The van der Waals surface area contributed by atoms with E-state index in [2.05, 4.69) is 26.1 Å². The standard InChI is InChI=1S/C12H20Cl2O5.C4H6O2/c13-7-3-1-5-9-17-11(15)19-12(16)18-10-6-2-4-8-14;5-3-1-2-4-6/h1-10H2;5-6H,3-4H2. The fraction of sp³-hybridized carbons (Fsp3) is 0.750. The third-order valence-corrected chi connectivity index (χ3v) is 2.98. The summed E-state index contributed by atoms with van der Waals surface area (Å²) in [4.78, 5) is 22.1. The summed E-state index contributed by atoms with van der Waals surface area (Å²) in [6.45, 7) is 0.0819. The fourth-order valence-electron chi connectivity index (χ4n) is 1.30. The molecule has 0 aromatic carbocycles. The van der Waals surface area contributed by atoms with Gasteiger partial charge in [-0.3, -0.25) is 0 Å². The van der Waals surface area contributed by atoms with Crippen LogP contribution in [0.15, 0.2) is 0 Å². The normalized spacial score (nSPS) is 9.12. The molecule has 0 aliphatic heterocycles. The number of carbonyl (C=O) groups excluding carboxylic acids is 2. The number of rotatable bonds is 10. The highest BCUT2D eigenvalue weighted by atomic mass is 35.5. The van der Waals surface area contributed by atoms with E-state index in [1.807, 2.05) is 0 Å². The Hall–Kier alpha value is -1.20. The Balaban J connectivity index is 0. The average Bonchev–Trinajstić information content (AvgIpc) is 2.60. The van der Waals surface area contributed by atoms with Crippen LogP contribution < -0.4 is 0 Å². The van der Waals surface area contributed by atoms with Gasteiger partial charge in [0.15, 0.2) is 0 Å². The maximum absolute atomic E-state index is 11.0. The molecule has 0 aliphatic carbocycles. The Morgan fingerprint density at radius 1 is 0.720 bits per heavy atom. The van der Waals surface area contributed by atoms with Crippen molar-refractivity contribution in [3.8, 4) is 11.8 Å². The van der Waals surface area contributed by atoms with E-state index in [9.17, 15) is 9.59 Å². The fourth-order valence-corrected chi connectivity index (χ4v) is 1.67. The highest BCUT2D eigenvalue weighted by Crippen LogP contribution is 2.01. The number of ether oxygens (including phenoxy) is 3. The van der Waals surface area contributed by atoms with Crippen LogP contribution in [-0.2, 0) is 14.2 Å².